The number of rotatable bonds is 3. The van der Waals surface area contributed by atoms with Crippen LogP contribution in [0.4, 0.5) is 5.95 Å². The summed E-state index contributed by atoms with van der Waals surface area (Å²) >= 11 is 0. The van der Waals surface area contributed by atoms with Crippen LogP contribution in [-0.2, 0) is 14.1 Å². The van der Waals surface area contributed by atoms with Crippen molar-refractivity contribution in [1.82, 2.24) is 9.97 Å². The van der Waals surface area contributed by atoms with Crippen LogP contribution >= 0.6 is 0 Å². The number of benzene rings is 1. The van der Waals surface area contributed by atoms with E-state index < -0.39 is 7.12 Å². The predicted molar refractivity (Wildman–Crippen MR) is 94.2 cm³/mol. The van der Waals surface area contributed by atoms with Crippen LogP contribution < -0.4 is 10.8 Å². The molecular formula is C17H22BN3O3. The Balaban J connectivity index is 1.88. The fraction of sp³-hybridized carbons (Fsp3) is 0.471. The van der Waals surface area contributed by atoms with Gasteiger partial charge in [0.1, 0.15) is 0 Å². The van der Waals surface area contributed by atoms with E-state index in [1.54, 1.807) is 13.1 Å². The number of carbonyl (C=O) groups is 1. The third-order valence-corrected chi connectivity index (χ3v) is 4.70. The molecule has 6 nitrogen and oxygen atoms in total. The lowest BCUT2D eigenvalue weighted by atomic mass is 9.78. The second-order valence-electron chi connectivity index (χ2n) is 7.00. The summed E-state index contributed by atoms with van der Waals surface area (Å²) in [6.45, 7) is 9.90. The molecule has 2 heterocycles. The van der Waals surface area contributed by atoms with Gasteiger partial charge in [-0.1, -0.05) is 19.1 Å². The van der Waals surface area contributed by atoms with Crippen molar-refractivity contribution < 1.29 is 14.1 Å². The highest BCUT2D eigenvalue weighted by Gasteiger charge is 2.51. The average molecular weight is 327 g/mol. The summed E-state index contributed by atoms with van der Waals surface area (Å²) in [7, 11) is -0.418. The molecule has 7 heteroatoms. The molecule has 1 saturated heterocycles. The first-order chi connectivity index (χ1) is 11.2. The van der Waals surface area contributed by atoms with Gasteiger partial charge in [-0.15, -0.1) is 0 Å². The molecule has 0 unspecified atom stereocenters. The Kier molecular flexibility index (Phi) is 4.09. The van der Waals surface area contributed by atoms with E-state index in [-0.39, 0.29) is 17.1 Å². The van der Waals surface area contributed by atoms with Crippen molar-refractivity contribution in [2.75, 3.05) is 5.32 Å². The number of hydrogen-bond donors (Lipinski definition) is 1. The summed E-state index contributed by atoms with van der Waals surface area (Å²) in [5.74, 6) is 0.209. The van der Waals surface area contributed by atoms with E-state index >= 15 is 0 Å². The van der Waals surface area contributed by atoms with Crippen molar-refractivity contribution in [3.05, 3.63) is 24.4 Å². The largest absolute Gasteiger partial charge is 0.494 e. The zero-order valence-electron chi connectivity index (χ0n) is 14.7. The predicted octanol–water partition coefficient (Wildman–Crippen LogP) is 2.28. The number of anilines is 1. The molecule has 0 bridgehead atoms. The second-order valence-corrected chi connectivity index (χ2v) is 7.00. The monoisotopic (exact) mass is 327 g/mol. The fourth-order valence-electron chi connectivity index (χ4n) is 2.45. The molecule has 1 amide bonds. The Hall–Kier alpha value is -1.99. The van der Waals surface area contributed by atoms with Crippen molar-refractivity contribution in [2.24, 2.45) is 0 Å². The Bertz CT molecular complexity index is 776. The van der Waals surface area contributed by atoms with E-state index in [4.69, 9.17) is 9.31 Å². The highest BCUT2D eigenvalue weighted by Crippen LogP contribution is 2.36. The number of nitrogens with one attached hydrogen (secondary N) is 1. The Labute approximate surface area is 142 Å². The van der Waals surface area contributed by atoms with Crippen LogP contribution in [0, 0.1) is 0 Å². The van der Waals surface area contributed by atoms with Crippen LogP contribution in [0.1, 0.15) is 41.0 Å². The van der Waals surface area contributed by atoms with Crippen molar-refractivity contribution in [2.45, 2.75) is 52.2 Å². The van der Waals surface area contributed by atoms with E-state index in [9.17, 15) is 4.79 Å². The third kappa shape index (κ3) is 3.01. The van der Waals surface area contributed by atoms with E-state index in [1.807, 2.05) is 45.9 Å². The quantitative estimate of drug-likeness (QED) is 0.876. The van der Waals surface area contributed by atoms with Gasteiger partial charge in [-0.05, 0) is 39.2 Å². The first-order valence-corrected chi connectivity index (χ1v) is 8.14. The summed E-state index contributed by atoms with van der Waals surface area (Å²) in [4.78, 5) is 20.0. The lowest BCUT2D eigenvalue weighted by Gasteiger charge is -2.32. The minimum atomic E-state index is -0.418. The first-order valence-electron chi connectivity index (χ1n) is 8.14. The first kappa shape index (κ1) is 16.9. The number of nitrogens with zero attached hydrogens (tertiary/aromatic N) is 2. The van der Waals surface area contributed by atoms with Gasteiger partial charge >= 0.3 is 7.12 Å². The molecule has 1 aromatic heterocycles. The number of carbonyl (C=O) groups excluding carboxylic acids is 1. The van der Waals surface area contributed by atoms with Gasteiger partial charge in [-0.3, -0.25) is 10.1 Å². The van der Waals surface area contributed by atoms with Gasteiger partial charge in [-0.2, -0.15) is 0 Å². The maximum atomic E-state index is 11.4. The van der Waals surface area contributed by atoms with Gasteiger partial charge in [0.05, 0.1) is 16.7 Å². The summed E-state index contributed by atoms with van der Waals surface area (Å²) in [6, 6.07) is 5.78. The molecule has 2 aromatic rings. The number of aromatic nitrogens is 2. The molecular weight excluding hydrogens is 305 g/mol. The fourth-order valence-corrected chi connectivity index (χ4v) is 2.45. The number of fused-ring (bicyclic) bond motifs is 1. The van der Waals surface area contributed by atoms with E-state index in [2.05, 4.69) is 15.3 Å². The van der Waals surface area contributed by atoms with Gasteiger partial charge in [0.25, 0.3) is 0 Å². The molecule has 1 fully saturated rings. The van der Waals surface area contributed by atoms with E-state index in [1.165, 1.54) is 0 Å². The number of amides is 1. The molecule has 1 N–H and O–H groups in total. The van der Waals surface area contributed by atoms with Crippen LogP contribution in [0.3, 0.4) is 0 Å². The normalized spacial score (nSPS) is 18.8. The van der Waals surface area contributed by atoms with E-state index in [0.29, 0.717) is 12.4 Å². The van der Waals surface area contributed by atoms with Crippen molar-refractivity contribution in [3.8, 4) is 0 Å². The summed E-state index contributed by atoms with van der Waals surface area (Å²) < 4.78 is 12.1. The lowest BCUT2D eigenvalue weighted by Crippen LogP contribution is -2.41. The Morgan fingerprint density at radius 2 is 1.88 bits per heavy atom. The van der Waals surface area contributed by atoms with Crippen LogP contribution in [0.25, 0.3) is 10.9 Å². The molecule has 1 aromatic carbocycles. The molecule has 0 spiro atoms. The molecule has 1 aliphatic heterocycles. The van der Waals surface area contributed by atoms with Crippen LogP contribution in [0.5, 0.6) is 0 Å². The zero-order valence-corrected chi connectivity index (χ0v) is 14.7. The van der Waals surface area contributed by atoms with E-state index in [0.717, 1.165) is 16.4 Å². The smallest absolute Gasteiger partial charge is 0.399 e. The molecule has 0 saturated carbocycles. The number of hydrogen-bond acceptors (Lipinski definition) is 5. The van der Waals surface area contributed by atoms with Crippen molar-refractivity contribution in [1.29, 1.82) is 0 Å². The summed E-state index contributed by atoms with van der Waals surface area (Å²) in [5, 5.41) is 3.54. The van der Waals surface area contributed by atoms with Crippen LogP contribution in [0.15, 0.2) is 24.4 Å². The van der Waals surface area contributed by atoms with Gasteiger partial charge in [0.15, 0.2) is 0 Å². The summed E-state index contributed by atoms with van der Waals surface area (Å²) in [6.07, 6.45) is 2.09. The van der Waals surface area contributed by atoms with Crippen molar-refractivity contribution >= 4 is 35.3 Å². The SMILES string of the molecule is CCC(=O)Nc1ncc2cc(B3OC(C)(C)C(C)(C)O3)ccc2n1. The molecule has 1 aliphatic rings. The Morgan fingerprint density at radius 3 is 2.50 bits per heavy atom. The maximum absolute atomic E-state index is 11.4. The molecule has 126 valence electrons. The Morgan fingerprint density at radius 1 is 1.21 bits per heavy atom. The topological polar surface area (TPSA) is 73.3 Å². The van der Waals surface area contributed by atoms with Crippen molar-refractivity contribution in [3.63, 3.8) is 0 Å². The highest BCUT2D eigenvalue weighted by molar-refractivity contribution is 6.62. The van der Waals surface area contributed by atoms with Gasteiger partial charge in [0.2, 0.25) is 11.9 Å². The molecule has 0 radical (unpaired) electrons. The minimum Gasteiger partial charge on any atom is -0.399 e. The van der Waals surface area contributed by atoms with Gasteiger partial charge < -0.3 is 9.31 Å². The van der Waals surface area contributed by atoms with Gasteiger partial charge in [0, 0.05) is 18.0 Å². The lowest BCUT2D eigenvalue weighted by molar-refractivity contribution is -0.115. The maximum Gasteiger partial charge on any atom is 0.494 e. The zero-order chi connectivity index (χ0) is 17.5. The minimum absolute atomic E-state index is 0.108. The molecule has 0 atom stereocenters. The second kappa shape index (κ2) is 5.83. The molecule has 0 aliphatic carbocycles. The average Bonchev–Trinajstić information content (AvgIpc) is 2.74. The standard InChI is InChI=1S/C17H22BN3O3/c1-6-14(22)21-15-19-10-11-9-12(7-8-13(11)20-15)18-23-16(2,3)17(4,5)24-18/h7-10H,6H2,1-5H3,(H,19,20,21,22). The molecule has 3 rings (SSSR count). The van der Waals surface area contributed by atoms with Gasteiger partial charge in [-0.25, -0.2) is 9.97 Å². The summed E-state index contributed by atoms with van der Waals surface area (Å²) in [5.41, 5.74) is 0.932. The molecule has 24 heavy (non-hydrogen) atoms. The van der Waals surface area contributed by atoms with Crippen LogP contribution in [-0.4, -0.2) is 34.2 Å². The highest BCUT2D eigenvalue weighted by atomic mass is 16.7. The third-order valence-electron chi connectivity index (χ3n) is 4.70. The van der Waals surface area contributed by atoms with Crippen LogP contribution in [0.2, 0.25) is 0 Å².